The van der Waals surface area contributed by atoms with Gasteiger partial charge in [-0.05, 0) is 56.7 Å². The van der Waals surface area contributed by atoms with E-state index in [1.165, 1.54) is 0 Å². The van der Waals surface area contributed by atoms with Crippen LogP contribution in [0.5, 0.6) is 0 Å². The number of benzene rings is 1. The van der Waals surface area contributed by atoms with Crippen molar-refractivity contribution in [2.24, 2.45) is 4.99 Å². The molecule has 0 spiro atoms. The highest BCUT2D eigenvalue weighted by molar-refractivity contribution is 6.07. The van der Waals surface area contributed by atoms with Crippen LogP contribution in [0.1, 0.15) is 24.0 Å². The third-order valence-electron chi connectivity index (χ3n) is 3.69. The van der Waals surface area contributed by atoms with Gasteiger partial charge in [0, 0.05) is 11.9 Å². The van der Waals surface area contributed by atoms with Gasteiger partial charge < -0.3 is 10.3 Å². The molecule has 2 N–H and O–H groups in total. The normalized spacial score (nSPS) is 12.0. The van der Waals surface area contributed by atoms with Gasteiger partial charge in [-0.15, -0.1) is 0 Å². The van der Waals surface area contributed by atoms with E-state index in [0.29, 0.717) is 5.82 Å². The number of anilines is 1. The SMILES string of the molecule is C=C(/N=C(\C=C/C)c1ccccn1)Nc1cc(C)c2nc(C)[nH]c2c1. The molecular weight excluding hydrogens is 310 g/mol. The maximum atomic E-state index is 4.58. The Hall–Kier alpha value is -3.21. The van der Waals surface area contributed by atoms with Crippen molar-refractivity contribution in [3.05, 3.63) is 78.2 Å². The average Bonchev–Trinajstić information content (AvgIpc) is 2.96. The molecule has 0 bridgehead atoms. The summed E-state index contributed by atoms with van der Waals surface area (Å²) in [5.74, 6) is 1.45. The summed E-state index contributed by atoms with van der Waals surface area (Å²) in [7, 11) is 0. The predicted octanol–water partition coefficient (Wildman–Crippen LogP) is 4.52. The van der Waals surface area contributed by atoms with Crippen molar-refractivity contribution in [1.29, 1.82) is 0 Å². The van der Waals surface area contributed by atoms with Crippen LogP contribution in [0.25, 0.3) is 11.0 Å². The molecule has 126 valence electrons. The van der Waals surface area contributed by atoms with Gasteiger partial charge in [-0.3, -0.25) is 4.98 Å². The van der Waals surface area contributed by atoms with Gasteiger partial charge in [0.1, 0.15) is 11.6 Å². The number of fused-ring (bicyclic) bond motifs is 1. The fraction of sp³-hybridized carbons (Fsp3) is 0.150. The Morgan fingerprint density at radius 3 is 2.84 bits per heavy atom. The van der Waals surface area contributed by atoms with E-state index in [4.69, 9.17) is 0 Å². The van der Waals surface area contributed by atoms with Gasteiger partial charge in [0.2, 0.25) is 0 Å². The lowest BCUT2D eigenvalue weighted by Crippen LogP contribution is -2.04. The third kappa shape index (κ3) is 3.83. The monoisotopic (exact) mass is 331 g/mol. The van der Waals surface area contributed by atoms with Crippen molar-refractivity contribution in [1.82, 2.24) is 15.0 Å². The van der Waals surface area contributed by atoms with Gasteiger partial charge in [-0.1, -0.05) is 18.7 Å². The first-order valence-corrected chi connectivity index (χ1v) is 8.12. The summed E-state index contributed by atoms with van der Waals surface area (Å²) < 4.78 is 0. The summed E-state index contributed by atoms with van der Waals surface area (Å²) in [6, 6.07) is 9.80. The number of aliphatic imine (C=N–C) groups is 1. The second-order valence-corrected chi connectivity index (χ2v) is 5.80. The Balaban J connectivity index is 1.88. The van der Waals surface area contributed by atoms with Gasteiger partial charge >= 0.3 is 0 Å². The highest BCUT2D eigenvalue weighted by Crippen LogP contribution is 2.22. The molecule has 2 heterocycles. The standard InChI is InChI=1S/C20H21N5/c1-5-8-18(17-9-6-7-10-21-17)23-14(3)22-16-11-13(2)20-19(12-16)24-15(4)25-20/h5-12,22H,3H2,1-2,4H3,(H,24,25)/b8-5-,23-18+. The molecule has 5 heteroatoms. The van der Waals surface area contributed by atoms with Crippen LogP contribution in [-0.2, 0) is 0 Å². The number of pyridine rings is 1. The molecule has 0 amide bonds. The first-order chi connectivity index (χ1) is 12.1. The Morgan fingerprint density at radius 2 is 2.12 bits per heavy atom. The molecular formula is C20H21N5. The fourth-order valence-corrected chi connectivity index (χ4v) is 2.68. The molecule has 0 aliphatic rings. The highest BCUT2D eigenvalue weighted by atomic mass is 15.0. The maximum absolute atomic E-state index is 4.58. The molecule has 0 aliphatic carbocycles. The second-order valence-electron chi connectivity index (χ2n) is 5.80. The number of allylic oxidation sites excluding steroid dienone is 2. The van der Waals surface area contributed by atoms with E-state index < -0.39 is 0 Å². The summed E-state index contributed by atoms with van der Waals surface area (Å²) in [5, 5.41) is 3.25. The van der Waals surface area contributed by atoms with Gasteiger partial charge in [-0.2, -0.15) is 0 Å². The number of aryl methyl sites for hydroxylation is 2. The molecule has 0 radical (unpaired) electrons. The lowest BCUT2D eigenvalue weighted by Gasteiger charge is -2.08. The minimum Gasteiger partial charge on any atom is -0.342 e. The van der Waals surface area contributed by atoms with Crippen LogP contribution in [0.2, 0.25) is 0 Å². The van der Waals surface area contributed by atoms with E-state index in [-0.39, 0.29) is 0 Å². The van der Waals surface area contributed by atoms with Crippen molar-refractivity contribution in [2.75, 3.05) is 5.32 Å². The summed E-state index contributed by atoms with van der Waals surface area (Å²) in [6.45, 7) is 9.97. The summed E-state index contributed by atoms with van der Waals surface area (Å²) in [6.07, 6.45) is 5.61. The van der Waals surface area contributed by atoms with Gasteiger partial charge in [0.15, 0.2) is 0 Å². The number of rotatable bonds is 5. The van der Waals surface area contributed by atoms with Crippen LogP contribution in [-0.4, -0.2) is 20.7 Å². The number of imidazole rings is 1. The Labute approximate surface area is 147 Å². The van der Waals surface area contributed by atoms with Crippen LogP contribution in [0.15, 0.2) is 66.1 Å². The summed E-state index contributed by atoms with van der Waals surface area (Å²) >= 11 is 0. The van der Waals surface area contributed by atoms with Crippen molar-refractivity contribution in [2.45, 2.75) is 20.8 Å². The van der Waals surface area contributed by atoms with Crippen molar-refractivity contribution < 1.29 is 0 Å². The number of hydrogen-bond donors (Lipinski definition) is 2. The number of nitrogens with one attached hydrogen (secondary N) is 2. The molecule has 1 aromatic carbocycles. The van der Waals surface area contributed by atoms with Gasteiger partial charge in [0.25, 0.3) is 0 Å². The summed E-state index contributed by atoms with van der Waals surface area (Å²) in [5.41, 5.74) is 5.56. The van der Waals surface area contributed by atoms with Crippen LogP contribution in [0.4, 0.5) is 5.69 Å². The van der Waals surface area contributed by atoms with E-state index >= 15 is 0 Å². The molecule has 0 fully saturated rings. The number of aromatic amines is 1. The number of nitrogens with zero attached hydrogens (tertiary/aromatic N) is 3. The van der Waals surface area contributed by atoms with E-state index in [2.05, 4.69) is 31.8 Å². The molecule has 5 nitrogen and oxygen atoms in total. The lowest BCUT2D eigenvalue weighted by molar-refractivity contribution is 1.17. The van der Waals surface area contributed by atoms with E-state index in [9.17, 15) is 0 Å². The zero-order valence-electron chi connectivity index (χ0n) is 14.7. The molecule has 0 aliphatic heterocycles. The Morgan fingerprint density at radius 1 is 1.28 bits per heavy atom. The van der Waals surface area contributed by atoms with Crippen LogP contribution in [0.3, 0.4) is 0 Å². The second kappa shape index (κ2) is 7.13. The Kier molecular flexibility index (Phi) is 4.75. The van der Waals surface area contributed by atoms with Gasteiger partial charge in [0.05, 0.1) is 22.4 Å². The highest BCUT2D eigenvalue weighted by Gasteiger charge is 2.07. The minimum atomic E-state index is 0.550. The maximum Gasteiger partial charge on any atom is 0.123 e. The van der Waals surface area contributed by atoms with E-state index in [1.54, 1.807) is 6.20 Å². The topological polar surface area (TPSA) is 66.0 Å². The van der Waals surface area contributed by atoms with Crippen LogP contribution in [0, 0.1) is 13.8 Å². The lowest BCUT2D eigenvalue weighted by atomic mass is 10.2. The fourth-order valence-electron chi connectivity index (χ4n) is 2.68. The van der Waals surface area contributed by atoms with Crippen molar-refractivity contribution in [3.63, 3.8) is 0 Å². The molecule has 0 unspecified atom stereocenters. The largest absolute Gasteiger partial charge is 0.342 e. The van der Waals surface area contributed by atoms with Crippen molar-refractivity contribution in [3.8, 4) is 0 Å². The quantitative estimate of drug-likeness (QED) is 0.675. The molecule has 0 atom stereocenters. The molecule has 25 heavy (non-hydrogen) atoms. The van der Waals surface area contributed by atoms with Crippen LogP contribution < -0.4 is 5.32 Å². The zero-order chi connectivity index (χ0) is 17.8. The smallest absolute Gasteiger partial charge is 0.123 e. The van der Waals surface area contributed by atoms with E-state index in [1.807, 2.05) is 63.3 Å². The molecule has 0 saturated carbocycles. The number of hydrogen-bond acceptors (Lipinski definition) is 4. The first kappa shape index (κ1) is 16.6. The zero-order valence-corrected chi connectivity index (χ0v) is 14.7. The molecule has 2 aromatic heterocycles. The molecule has 3 rings (SSSR count). The van der Waals surface area contributed by atoms with Crippen LogP contribution >= 0.6 is 0 Å². The minimum absolute atomic E-state index is 0.550. The first-order valence-electron chi connectivity index (χ1n) is 8.12. The van der Waals surface area contributed by atoms with E-state index in [0.717, 1.165) is 39.5 Å². The van der Waals surface area contributed by atoms with Gasteiger partial charge in [-0.25, -0.2) is 9.98 Å². The molecule has 0 saturated heterocycles. The number of aromatic nitrogens is 3. The Bertz CT molecular complexity index is 964. The molecule has 3 aromatic rings. The van der Waals surface area contributed by atoms with Crippen molar-refractivity contribution >= 4 is 22.4 Å². The predicted molar refractivity (Wildman–Crippen MR) is 104 cm³/mol. The average molecular weight is 331 g/mol. The number of H-pyrrole nitrogens is 1. The summed E-state index contributed by atoms with van der Waals surface area (Å²) in [4.78, 5) is 16.7. The third-order valence-corrected chi connectivity index (χ3v) is 3.69.